The van der Waals surface area contributed by atoms with Crippen molar-refractivity contribution < 1.29 is 4.74 Å². The Balaban J connectivity index is 2.54. The van der Waals surface area contributed by atoms with Crippen molar-refractivity contribution in [2.24, 2.45) is 5.92 Å². The van der Waals surface area contributed by atoms with Gasteiger partial charge in [-0.1, -0.05) is 55.8 Å². The summed E-state index contributed by atoms with van der Waals surface area (Å²) in [5, 5.41) is 0. The van der Waals surface area contributed by atoms with Gasteiger partial charge >= 0.3 is 0 Å². The molecule has 0 saturated carbocycles. The highest BCUT2D eigenvalue weighted by Crippen LogP contribution is 2.13. The van der Waals surface area contributed by atoms with Crippen LogP contribution in [0.2, 0.25) is 0 Å². The largest absolute Gasteiger partial charge is 0.369 e. The Kier molecular flexibility index (Phi) is 5.27. The van der Waals surface area contributed by atoms with Crippen LogP contribution in [0.15, 0.2) is 42.0 Å². The van der Waals surface area contributed by atoms with Crippen molar-refractivity contribution in [3.05, 3.63) is 47.5 Å². The molecule has 1 nitrogen and oxygen atoms in total. The monoisotopic (exact) mass is 218 g/mol. The van der Waals surface area contributed by atoms with E-state index in [2.05, 4.69) is 45.9 Å². The molecule has 0 bridgehead atoms. The van der Waals surface area contributed by atoms with Crippen molar-refractivity contribution in [1.29, 1.82) is 0 Å². The van der Waals surface area contributed by atoms with Gasteiger partial charge in [-0.15, -0.1) is 0 Å². The summed E-state index contributed by atoms with van der Waals surface area (Å²) < 4.78 is 5.92. The van der Waals surface area contributed by atoms with E-state index in [-0.39, 0.29) is 6.10 Å². The Morgan fingerprint density at radius 3 is 2.31 bits per heavy atom. The van der Waals surface area contributed by atoms with Crippen LogP contribution < -0.4 is 0 Å². The van der Waals surface area contributed by atoms with Crippen molar-refractivity contribution in [3.8, 4) is 0 Å². The third-order valence-electron chi connectivity index (χ3n) is 2.44. The Morgan fingerprint density at radius 1 is 1.19 bits per heavy atom. The van der Waals surface area contributed by atoms with E-state index < -0.39 is 0 Å². The summed E-state index contributed by atoms with van der Waals surface area (Å²) in [5.74, 6) is 0.513. The first-order valence-electron chi connectivity index (χ1n) is 5.90. The number of rotatable bonds is 5. The third-order valence-corrected chi connectivity index (χ3v) is 2.44. The quantitative estimate of drug-likeness (QED) is 0.673. The fourth-order valence-corrected chi connectivity index (χ4v) is 1.53. The summed E-state index contributed by atoms with van der Waals surface area (Å²) in [6, 6.07) is 10.3. The van der Waals surface area contributed by atoms with Crippen LogP contribution in [0.4, 0.5) is 0 Å². The van der Waals surface area contributed by atoms with E-state index in [1.165, 1.54) is 11.1 Å². The van der Waals surface area contributed by atoms with Gasteiger partial charge in [0, 0.05) is 0 Å². The number of ether oxygens (including phenoxy) is 1. The Hall–Kier alpha value is -1.08. The van der Waals surface area contributed by atoms with Crippen LogP contribution in [0.3, 0.4) is 0 Å². The molecule has 16 heavy (non-hydrogen) atoms. The van der Waals surface area contributed by atoms with E-state index in [1.54, 1.807) is 0 Å². The van der Waals surface area contributed by atoms with Gasteiger partial charge in [0.25, 0.3) is 0 Å². The smallest absolute Gasteiger partial charge is 0.0785 e. The topological polar surface area (TPSA) is 9.23 Å². The number of allylic oxidation sites excluding steroid dienone is 1. The fourth-order valence-electron chi connectivity index (χ4n) is 1.53. The minimum absolute atomic E-state index is 0.213. The maximum Gasteiger partial charge on any atom is 0.0785 e. The van der Waals surface area contributed by atoms with Crippen LogP contribution in [0.25, 0.3) is 0 Å². The molecule has 0 spiro atoms. The zero-order chi connectivity index (χ0) is 12.0. The molecule has 1 heteroatoms. The Morgan fingerprint density at radius 2 is 1.81 bits per heavy atom. The van der Waals surface area contributed by atoms with Crippen molar-refractivity contribution >= 4 is 0 Å². The molecule has 0 unspecified atom stereocenters. The summed E-state index contributed by atoms with van der Waals surface area (Å²) in [7, 11) is 0. The Labute approximate surface area is 99.1 Å². The predicted molar refractivity (Wildman–Crippen MR) is 69.3 cm³/mol. The van der Waals surface area contributed by atoms with Crippen molar-refractivity contribution in [2.75, 3.05) is 0 Å². The zero-order valence-corrected chi connectivity index (χ0v) is 10.7. The van der Waals surface area contributed by atoms with Crippen LogP contribution in [0, 0.1) is 5.92 Å². The van der Waals surface area contributed by atoms with Crippen molar-refractivity contribution in [2.45, 2.75) is 40.4 Å². The minimum atomic E-state index is 0.213. The lowest BCUT2D eigenvalue weighted by molar-refractivity contribution is 0.0424. The molecule has 0 aliphatic rings. The lowest BCUT2D eigenvalue weighted by Crippen LogP contribution is -2.17. The molecule has 1 aromatic rings. The van der Waals surface area contributed by atoms with Crippen LogP contribution >= 0.6 is 0 Å². The summed E-state index contributed by atoms with van der Waals surface area (Å²) in [6.45, 7) is 9.29. The van der Waals surface area contributed by atoms with Gasteiger partial charge in [-0.3, -0.25) is 0 Å². The zero-order valence-electron chi connectivity index (χ0n) is 10.7. The van der Waals surface area contributed by atoms with E-state index in [9.17, 15) is 0 Å². The summed E-state index contributed by atoms with van der Waals surface area (Å²) in [5.41, 5.74) is 2.54. The highest BCUT2D eigenvalue weighted by Gasteiger charge is 2.10. The maximum absolute atomic E-state index is 5.92. The first kappa shape index (κ1) is 13.0. The lowest BCUT2D eigenvalue weighted by atomic mass is 10.1. The van der Waals surface area contributed by atoms with Gasteiger partial charge in [0.1, 0.15) is 0 Å². The van der Waals surface area contributed by atoms with E-state index in [1.807, 2.05) is 18.2 Å². The average Bonchev–Trinajstić information content (AvgIpc) is 2.25. The standard InChI is InChI=1S/C15H22O/c1-12(2)10-15(13(3)4)16-11-14-8-6-5-7-9-14/h5-10,13,15H,11H2,1-4H3/t15-/m0/s1. The second-order valence-corrected chi connectivity index (χ2v) is 4.75. The molecule has 0 aromatic heterocycles. The average molecular weight is 218 g/mol. The number of hydrogen-bond acceptors (Lipinski definition) is 1. The summed E-state index contributed by atoms with van der Waals surface area (Å²) in [6.07, 6.45) is 2.42. The second kappa shape index (κ2) is 6.49. The summed E-state index contributed by atoms with van der Waals surface area (Å²) >= 11 is 0. The molecule has 0 N–H and O–H groups in total. The highest BCUT2D eigenvalue weighted by atomic mass is 16.5. The molecule has 0 radical (unpaired) electrons. The second-order valence-electron chi connectivity index (χ2n) is 4.75. The van der Waals surface area contributed by atoms with Gasteiger partial charge in [0.2, 0.25) is 0 Å². The molecule has 0 amide bonds. The van der Waals surface area contributed by atoms with E-state index in [4.69, 9.17) is 4.74 Å². The third kappa shape index (κ3) is 4.63. The molecule has 0 aliphatic heterocycles. The van der Waals surface area contributed by atoms with E-state index in [0.717, 1.165) is 0 Å². The fraction of sp³-hybridized carbons (Fsp3) is 0.467. The highest BCUT2D eigenvalue weighted by molar-refractivity contribution is 5.13. The van der Waals surface area contributed by atoms with E-state index >= 15 is 0 Å². The van der Waals surface area contributed by atoms with E-state index in [0.29, 0.717) is 12.5 Å². The summed E-state index contributed by atoms with van der Waals surface area (Å²) in [4.78, 5) is 0. The van der Waals surface area contributed by atoms with Gasteiger partial charge in [-0.2, -0.15) is 0 Å². The Bertz CT molecular complexity index is 321. The van der Waals surface area contributed by atoms with Crippen LogP contribution in [-0.2, 0) is 11.3 Å². The van der Waals surface area contributed by atoms with Gasteiger partial charge in [0.05, 0.1) is 12.7 Å². The van der Waals surface area contributed by atoms with Crippen LogP contribution in [0.1, 0.15) is 33.3 Å². The van der Waals surface area contributed by atoms with Crippen molar-refractivity contribution in [3.63, 3.8) is 0 Å². The van der Waals surface area contributed by atoms with Gasteiger partial charge in [0.15, 0.2) is 0 Å². The van der Waals surface area contributed by atoms with Gasteiger partial charge in [-0.05, 0) is 25.3 Å². The molecule has 0 aliphatic carbocycles. The van der Waals surface area contributed by atoms with Crippen molar-refractivity contribution in [1.82, 2.24) is 0 Å². The van der Waals surface area contributed by atoms with Crippen LogP contribution in [0.5, 0.6) is 0 Å². The predicted octanol–water partition coefficient (Wildman–Crippen LogP) is 4.19. The molecular formula is C15H22O. The van der Waals surface area contributed by atoms with Gasteiger partial charge < -0.3 is 4.74 Å². The maximum atomic E-state index is 5.92. The first-order chi connectivity index (χ1) is 7.59. The molecular weight excluding hydrogens is 196 g/mol. The molecule has 0 saturated heterocycles. The molecule has 1 atom stereocenters. The van der Waals surface area contributed by atoms with Crippen LogP contribution in [-0.4, -0.2) is 6.10 Å². The molecule has 88 valence electrons. The molecule has 0 heterocycles. The molecule has 1 aromatic carbocycles. The number of benzene rings is 1. The molecule has 0 fully saturated rings. The minimum Gasteiger partial charge on any atom is -0.369 e. The number of hydrogen-bond donors (Lipinski definition) is 0. The lowest BCUT2D eigenvalue weighted by Gasteiger charge is -2.18. The normalized spacial score (nSPS) is 12.6. The van der Waals surface area contributed by atoms with Gasteiger partial charge in [-0.25, -0.2) is 0 Å². The SMILES string of the molecule is CC(C)=C[C@H](OCc1ccccc1)C(C)C. The first-order valence-corrected chi connectivity index (χ1v) is 5.90. The molecule has 1 rings (SSSR count).